The van der Waals surface area contributed by atoms with E-state index in [-0.39, 0.29) is 29.4 Å². The minimum absolute atomic E-state index is 0.0243. The minimum Gasteiger partial charge on any atom is -0.495 e. The lowest BCUT2D eigenvalue weighted by Crippen LogP contribution is -2.49. The Balaban J connectivity index is 1.13. The van der Waals surface area contributed by atoms with E-state index in [1.54, 1.807) is 35.2 Å². The predicted molar refractivity (Wildman–Crippen MR) is 146 cm³/mol. The maximum atomic E-state index is 14.9. The van der Waals surface area contributed by atoms with Crippen molar-refractivity contribution in [2.24, 2.45) is 11.0 Å². The fourth-order valence-corrected chi connectivity index (χ4v) is 5.43. The molecule has 1 N–H and O–H groups in total. The Kier molecular flexibility index (Phi) is 7.03. The van der Waals surface area contributed by atoms with Crippen LogP contribution in [0.2, 0.25) is 0 Å². The Bertz CT molecular complexity index is 1460. The van der Waals surface area contributed by atoms with E-state index in [0.717, 1.165) is 35.7 Å². The minimum atomic E-state index is -0.568. The number of halogens is 1. The van der Waals surface area contributed by atoms with Crippen LogP contribution in [0.5, 0.6) is 0 Å². The molecule has 10 heteroatoms. The van der Waals surface area contributed by atoms with Gasteiger partial charge in [0.2, 0.25) is 0 Å². The Morgan fingerprint density at radius 3 is 2.67 bits per heavy atom. The largest absolute Gasteiger partial charge is 0.495 e. The molecule has 204 valence electrons. The van der Waals surface area contributed by atoms with E-state index in [0.29, 0.717) is 50.2 Å². The molecule has 9 nitrogen and oxygen atoms in total. The molecule has 0 spiro atoms. The SMILES string of the molecule is N#Cc1ccc(N2CCN(C(=O)c3cc(CC4=NNC(=O)C5=CC=C(OC6CCC6)CC54)ccc3F)CC2)nc1. The van der Waals surface area contributed by atoms with Gasteiger partial charge in [-0.1, -0.05) is 6.07 Å². The number of pyridine rings is 1. The van der Waals surface area contributed by atoms with Gasteiger partial charge < -0.3 is 14.5 Å². The second kappa shape index (κ2) is 10.9. The van der Waals surface area contributed by atoms with Crippen molar-refractivity contribution in [3.8, 4) is 6.07 Å². The van der Waals surface area contributed by atoms with Gasteiger partial charge in [-0.2, -0.15) is 10.4 Å². The highest BCUT2D eigenvalue weighted by atomic mass is 19.1. The first-order valence-electron chi connectivity index (χ1n) is 13.6. The number of aromatic nitrogens is 1. The first-order chi connectivity index (χ1) is 19.5. The van der Waals surface area contributed by atoms with Crippen LogP contribution in [-0.4, -0.2) is 59.7 Å². The van der Waals surface area contributed by atoms with Crippen LogP contribution in [0.15, 0.2) is 65.1 Å². The second-order valence-corrected chi connectivity index (χ2v) is 10.5. The summed E-state index contributed by atoms with van der Waals surface area (Å²) < 4.78 is 21.0. The molecule has 1 atom stereocenters. The van der Waals surface area contributed by atoms with Gasteiger partial charge in [-0.3, -0.25) is 9.59 Å². The van der Waals surface area contributed by atoms with Gasteiger partial charge in [0.15, 0.2) is 0 Å². The fraction of sp³-hybridized carbons (Fsp3) is 0.367. The molecule has 1 aromatic carbocycles. The number of anilines is 1. The van der Waals surface area contributed by atoms with Gasteiger partial charge in [0.05, 0.1) is 28.7 Å². The van der Waals surface area contributed by atoms with Crippen molar-refractivity contribution in [2.75, 3.05) is 31.1 Å². The van der Waals surface area contributed by atoms with Crippen LogP contribution in [0.1, 0.15) is 47.2 Å². The monoisotopic (exact) mass is 540 g/mol. The predicted octanol–water partition coefficient (Wildman–Crippen LogP) is 3.48. The van der Waals surface area contributed by atoms with E-state index in [1.807, 2.05) is 11.0 Å². The Hall–Kier alpha value is -4.52. The standard InChI is InChI=1S/C30H29FN6O3/c31-26-8-4-19(15-27-24-16-22(40-21-2-1-3-21)6-7-23(24)29(38)35-34-27)14-25(26)30(39)37-12-10-36(11-13-37)28-9-5-20(17-32)18-33-28/h4-9,14,18,21,24H,1-3,10-13,15-16H2,(H,35,38). The van der Waals surface area contributed by atoms with Gasteiger partial charge >= 0.3 is 0 Å². The van der Waals surface area contributed by atoms with Gasteiger partial charge in [-0.05, 0) is 61.2 Å². The second-order valence-electron chi connectivity index (χ2n) is 10.5. The summed E-state index contributed by atoms with van der Waals surface area (Å²) in [7, 11) is 0. The molecule has 4 aliphatic rings. The number of nitrogens with zero attached hydrogens (tertiary/aromatic N) is 5. The lowest BCUT2D eigenvalue weighted by atomic mass is 9.82. The van der Waals surface area contributed by atoms with Crippen molar-refractivity contribution in [3.63, 3.8) is 0 Å². The summed E-state index contributed by atoms with van der Waals surface area (Å²) in [4.78, 5) is 33.8. The molecule has 6 rings (SSSR count). The molecule has 2 amide bonds. The van der Waals surface area contributed by atoms with Crippen LogP contribution in [-0.2, 0) is 16.0 Å². The first-order valence-corrected chi connectivity index (χ1v) is 13.6. The van der Waals surface area contributed by atoms with Crippen molar-refractivity contribution >= 4 is 23.3 Å². The number of hydrogen-bond acceptors (Lipinski definition) is 7. The summed E-state index contributed by atoms with van der Waals surface area (Å²) in [6, 6.07) is 10.1. The lowest BCUT2D eigenvalue weighted by Gasteiger charge is -2.35. The summed E-state index contributed by atoms with van der Waals surface area (Å²) in [5, 5.41) is 13.3. The van der Waals surface area contributed by atoms with Crippen molar-refractivity contribution < 1.29 is 18.7 Å². The maximum Gasteiger partial charge on any atom is 0.267 e. The molecule has 0 bridgehead atoms. The van der Waals surface area contributed by atoms with Crippen molar-refractivity contribution in [2.45, 2.75) is 38.2 Å². The Labute approximate surface area is 231 Å². The smallest absolute Gasteiger partial charge is 0.267 e. The van der Waals surface area contributed by atoms with Crippen LogP contribution in [0.3, 0.4) is 0 Å². The topological polar surface area (TPSA) is 111 Å². The number of amides is 2. The number of allylic oxidation sites excluding steroid dienone is 3. The quantitative estimate of drug-likeness (QED) is 0.601. The molecule has 0 radical (unpaired) electrons. The number of carbonyl (C=O) groups excluding carboxylic acids is 2. The average Bonchev–Trinajstić information content (AvgIpc) is 2.97. The molecule has 1 unspecified atom stereocenters. The van der Waals surface area contributed by atoms with Crippen LogP contribution in [0, 0.1) is 23.1 Å². The van der Waals surface area contributed by atoms with E-state index in [4.69, 9.17) is 10.00 Å². The van der Waals surface area contributed by atoms with Gasteiger partial charge in [-0.15, -0.1) is 0 Å². The number of nitriles is 1. The summed E-state index contributed by atoms with van der Waals surface area (Å²) in [6.45, 7) is 1.96. The summed E-state index contributed by atoms with van der Waals surface area (Å²) in [5.74, 6) is 0.224. The summed E-state index contributed by atoms with van der Waals surface area (Å²) in [6.07, 6.45) is 9.65. The van der Waals surface area contributed by atoms with Crippen LogP contribution in [0.25, 0.3) is 0 Å². The molecule has 2 aromatic rings. The van der Waals surface area contributed by atoms with Gasteiger partial charge in [0, 0.05) is 56.7 Å². The highest BCUT2D eigenvalue weighted by Crippen LogP contribution is 2.34. The number of carbonyl (C=O) groups is 2. The Morgan fingerprint density at radius 1 is 1.15 bits per heavy atom. The molecule has 2 fully saturated rings. The zero-order chi connectivity index (χ0) is 27.6. The first kappa shape index (κ1) is 25.7. The van der Waals surface area contributed by atoms with E-state index < -0.39 is 5.82 Å². The lowest BCUT2D eigenvalue weighted by molar-refractivity contribution is -0.118. The maximum absolute atomic E-state index is 14.9. The van der Waals surface area contributed by atoms with Crippen LogP contribution >= 0.6 is 0 Å². The molecular formula is C30H29FN6O3. The molecule has 2 aliphatic carbocycles. The number of benzene rings is 1. The third-order valence-electron chi connectivity index (χ3n) is 7.98. The normalized spacial score (nSPS) is 20.8. The third-order valence-corrected chi connectivity index (χ3v) is 7.98. The summed E-state index contributed by atoms with van der Waals surface area (Å²) in [5.41, 5.74) is 5.24. The molecule has 2 aliphatic heterocycles. The zero-order valence-electron chi connectivity index (χ0n) is 22.0. The van der Waals surface area contributed by atoms with Crippen molar-refractivity contribution in [3.05, 3.63) is 82.5 Å². The molecule has 40 heavy (non-hydrogen) atoms. The molecule has 1 saturated carbocycles. The number of rotatable bonds is 6. The van der Waals surface area contributed by atoms with Crippen LogP contribution in [0.4, 0.5) is 10.2 Å². The van der Waals surface area contributed by atoms with Crippen LogP contribution < -0.4 is 10.3 Å². The average molecular weight is 541 g/mol. The van der Waals surface area contributed by atoms with E-state index in [9.17, 15) is 14.0 Å². The fourth-order valence-electron chi connectivity index (χ4n) is 5.43. The number of hydrogen-bond donors (Lipinski definition) is 1. The molecular weight excluding hydrogens is 511 g/mol. The number of nitrogens with one attached hydrogen (secondary N) is 1. The highest BCUT2D eigenvalue weighted by Gasteiger charge is 2.34. The number of fused-ring (bicyclic) bond motifs is 1. The number of hydrazone groups is 1. The van der Waals surface area contributed by atoms with Gasteiger partial charge in [-0.25, -0.2) is 14.8 Å². The van der Waals surface area contributed by atoms with Crippen molar-refractivity contribution in [1.82, 2.24) is 15.3 Å². The highest BCUT2D eigenvalue weighted by molar-refractivity contribution is 6.07. The van der Waals surface area contributed by atoms with Crippen molar-refractivity contribution in [1.29, 1.82) is 5.26 Å². The van der Waals surface area contributed by atoms with E-state index in [1.165, 1.54) is 18.7 Å². The van der Waals surface area contributed by atoms with Gasteiger partial charge in [0.1, 0.15) is 17.7 Å². The van der Waals surface area contributed by atoms with Gasteiger partial charge in [0.25, 0.3) is 11.8 Å². The number of ether oxygens (including phenoxy) is 1. The van der Waals surface area contributed by atoms with E-state index in [2.05, 4.69) is 21.6 Å². The summed E-state index contributed by atoms with van der Waals surface area (Å²) >= 11 is 0. The molecule has 3 heterocycles. The van der Waals surface area contributed by atoms with E-state index >= 15 is 0 Å². The Morgan fingerprint density at radius 2 is 1.98 bits per heavy atom. The number of piperazine rings is 1. The molecule has 1 saturated heterocycles. The molecule has 1 aromatic heterocycles. The zero-order valence-corrected chi connectivity index (χ0v) is 22.0. The third kappa shape index (κ3) is 5.19.